The molecule has 0 radical (unpaired) electrons. The molecule has 0 aliphatic carbocycles. The fourth-order valence-electron chi connectivity index (χ4n) is 3.43. The number of carbonyl (C=O) groups excluding carboxylic acids is 1. The van der Waals surface area contributed by atoms with Gasteiger partial charge in [-0.2, -0.15) is 0 Å². The summed E-state index contributed by atoms with van der Waals surface area (Å²) >= 11 is 5.99. The fraction of sp³-hybridized carbons (Fsp3) is 0.500. The molecule has 1 aromatic heterocycles. The number of piperidine rings is 1. The van der Waals surface area contributed by atoms with Crippen molar-refractivity contribution in [2.75, 3.05) is 19.7 Å². The molecule has 1 aliphatic rings. The number of amides is 1. The lowest BCUT2D eigenvalue weighted by atomic mass is 9.77. The smallest absolute Gasteiger partial charge is 0.227 e. The summed E-state index contributed by atoms with van der Waals surface area (Å²) in [6.45, 7) is 3.81. The maximum Gasteiger partial charge on any atom is 0.227 e. The third-order valence-corrected chi connectivity index (χ3v) is 5.57. The van der Waals surface area contributed by atoms with E-state index in [0.717, 1.165) is 48.8 Å². The minimum Gasteiger partial charge on any atom is -0.396 e. The van der Waals surface area contributed by atoms with E-state index in [1.807, 2.05) is 29.3 Å². The number of carbonyl (C=O) groups is 1. The first-order valence-corrected chi connectivity index (χ1v) is 8.59. The van der Waals surface area contributed by atoms with Crippen LogP contribution in [0, 0.1) is 5.41 Å². The first kappa shape index (κ1) is 16.3. The van der Waals surface area contributed by atoms with Crippen molar-refractivity contribution >= 4 is 28.4 Å². The number of rotatable bonds is 4. The highest BCUT2D eigenvalue weighted by Gasteiger charge is 2.33. The molecule has 1 fully saturated rings. The Hall–Kier alpha value is -1.52. The van der Waals surface area contributed by atoms with Crippen LogP contribution in [0.2, 0.25) is 5.02 Å². The van der Waals surface area contributed by atoms with Gasteiger partial charge < -0.3 is 15.0 Å². The van der Waals surface area contributed by atoms with Crippen molar-refractivity contribution in [3.05, 3.63) is 35.0 Å². The summed E-state index contributed by atoms with van der Waals surface area (Å²) < 4.78 is 0. The zero-order valence-electron chi connectivity index (χ0n) is 13.4. The number of aliphatic hydroxyl groups is 1. The van der Waals surface area contributed by atoms with Gasteiger partial charge in [-0.15, -0.1) is 0 Å². The standard InChI is InChI=1S/C18H23ClN2O2/c1-2-18(12-22)5-7-21(8-6-18)17(23)9-13-11-20-16-10-14(19)3-4-15(13)16/h3-4,10-11,20,22H,2,5-9,12H2,1H3. The molecular formula is C18H23ClN2O2. The molecule has 124 valence electrons. The Bertz CT molecular complexity index is 696. The fourth-order valence-corrected chi connectivity index (χ4v) is 3.61. The highest BCUT2D eigenvalue weighted by Crippen LogP contribution is 2.34. The molecule has 0 atom stereocenters. The van der Waals surface area contributed by atoms with E-state index >= 15 is 0 Å². The second-order valence-corrected chi connectivity index (χ2v) is 7.01. The van der Waals surface area contributed by atoms with Crippen LogP contribution >= 0.6 is 11.6 Å². The van der Waals surface area contributed by atoms with Crippen LogP contribution in [0.5, 0.6) is 0 Å². The third kappa shape index (κ3) is 3.24. The van der Waals surface area contributed by atoms with Gasteiger partial charge in [-0.05, 0) is 42.4 Å². The molecule has 2 heterocycles. The number of halogens is 1. The Kier molecular flexibility index (Phi) is 4.64. The number of benzene rings is 1. The largest absolute Gasteiger partial charge is 0.396 e. The minimum atomic E-state index is 0.00824. The van der Waals surface area contributed by atoms with Crippen LogP contribution in [0.3, 0.4) is 0 Å². The molecule has 1 amide bonds. The topological polar surface area (TPSA) is 56.3 Å². The molecule has 5 heteroatoms. The monoisotopic (exact) mass is 334 g/mol. The van der Waals surface area contributed by atoms with E-state index in [-0.39, 0.29) is 17.9 Å². The molecule has 2 N–H and O–H groups in total. The predicted octanol–water partition coefficient (Wildman–Crippen LogP) is 3.37. The van der Waals surface area contributed by atoms with Crippen molar-refractivity contribution in [3.63, 3.8) is 0 Å². The van der Waals surface area contributed by atoms with Gasteiger partial charge in [0.25, 0.3) is 0 Å². The van der Waals surface area contributed by atoms with Crippen LogP contribution in [0.4, 0.5) is 0 Å². The second kappa shape index (κ2) is 6.54. The van der Waals surface area contributed by atoms with Crippen LogP contribution in [-0.4, -0.2) is 40.6 Å². The van der Waals surface area contributed by atoms with E-state index in [2.05, 4.69) is 11.9 Å². The average Bonchev–Trinajstić information content (AvgIpc) is 2.96. The first-order valence-electron chi connectivity index (χ1n) is 8.21. The number of fused-ring (bicyclic) bond motifs is 1. The molecule has 0 saturated carbocycles. The predicted molar refractivity (Wildman–Crippen MR) is 92.6 cm³/mol. The number of H-pyrrole nitrogens is 1. The maximum atomic E-state index is 12.6. The zero-order valence-corrected chi connectivity index (χ0v) is 14.2. The second-order valence-electron chi connectivity index (χ2n) is 6.57. The molecule has 0 bridgehead atoms. The van der Waals surface area contributed by atoms with E-state index in [1.165, 1.54) is 0 Å². The number of aromatic nitrogens is 1. The van der Waals surface area contributed by atoms with E-state index in [4.69, 9.17) is 11.6 Å². The van der Waals surface area contributed by atoms with Crippen molar-refractivity contribution in [1.29, 1.82) is 0 Å². The van der Waals surface area contributed by atoms with Crippen molar-refractivity contribution in [2.45, 2.75) is 32.6 Å². The average molecular weight is 335 g/mol. The Labute approximate surface area is 141 Å². The molecule has 0 spiro atoms. The maximum absolute atomic E-state index is 12.6. The van der Waals surface area contributed by atoms with Gasteiger partial charge in [0.15, 0.2) is 0 Å². The first-order chi connectivity index (χ1) is 11.1. The summed E-state index contributed by atoms with van der Waals surface area (Å²) in [6, 6.07) is 5.69. The normalized spacial score (nSPS) is 17.6. The highest BCUT2D eigenvalue weighted by atomic mass is 35.5. The van der Waals surface area contributed by atoms with E-state index in [9.17, 15) is 9.90 Å². The highest BCUT2D eigenvalue weighted by molar-refractivity contribution is 6.31. The number of nitrogens with one attached hydrogen (secondary N) is 1. The summed E-state index contributed by atoms with van der Waals surface area (Å²) in [5.74, 6) is 0.156. The van der Waals surface area contributed by atoms with Crippen LogP contribution in [0.15, 0.2) is 24.4 Å². The Balaban J connectivity index is 1.67. The third-order valence-electron chi connectivity index (χ3n) is 5.33. The van der Waals surface area contributed by atoms with Gasteiger partial charge in [0.2, 0.25) is 5.91 Å². The van der Waals surface area contributed by atoms with Crippen molar-refractivity contribution in [2.24, 2.45) is 5.41 Å². The minimum absolute atomic E-state index is 0.00824. The van der Waals surface area contributed by atoms with Crippen molar-refractivity contribution < 1.29 is 9.90 Å². The Morgan fingerprint density at radius 3 is 2.78 bits per heavy atom. The van der Waals surface area contributed by atoms with Gasteiger partial charge in [-0.3, -0.25) is 4.79 Å². The van der Waals surface area contributed by atoms with Gasteiger partial charge in [0, 0.05) is 41.8 Å². The summed E-state index contributed by atoms with van der Waals surface area (Å²) in [5.41, 5.74) is 1.98. The van der Waals surface area contributed by atoms with E-state index < -0.39 is 0 Å². The lowest BCUT2D eigenvalue weighted by Crippen LogP contribution is -2.44. The molecule has 4 nitrogen and oxygen atoms in total. The molecule has 1 aromatic carbocycles. The molecule has 0 unspecified atom stereocenters. The van der Waals surface area contributed by atoms with Crippen LogP contribution in [-0.2, 0) is 11.2 Å². The SMILES string of the molecule is CCC1(CO)CCN(C(=O)Cc2c[nH]c3cc(Cl)ccc23)CC1. The molecule has 1 aliphatic heterocycles. The van der Waals surface area contributed by atoms with E-state index in [0.29, 0.717) is 11.4 Å². The lowest BCUT2D eigenvalue weighted by molar-refractivity contribution is -0.133. The van der Waals surface area contributed by atoms with Crippen molar-refractivity contribution in [3.8, 4) is 0 Å². The van der Waals surface area contributed by atoms with Gasteiger partial charge in [0.1, 0.15) is 0 Å². The summed E-state index contributed by atoms with van der Waals surface area (Å²) in [5, 5.41) is 11.3. The summed E-state index contributed by atoms with van der Waals surface area (Å²) in [7, 11) is 0. The van der Waals surface area contributed by atoms with Crippen LogP contribution in [0.25, 0.3) is 10.9 Å². The number of nitrogens with zero attached hydrogens (tertiary/aromatic N) is 1. The molecule has 23 heavy (non-hydrogen) atoms. The van der Waals surface area contributed by atoms with Crippen molar-refractivity contribution in [1.82, 2.24) is 9.88 Å². The number of hydrogen-bond acceptors (Lipinski definition) is 2. The summed E-state index contributed by atoms with van der Waals surface area (Å²) in [4.78, 5) is 17.7. The van der Waals surface area contributed by atoms with E-state index in [1.54, 1.807) is 0 Å². The number of aliphatic hydroxyl groups excluding tert-OH is 1. The van der Waals surface area contributed by atoms with Gasteiger partial charge in [-0.25, -0.2) is 0 Å². The molecule has 3 rings (SSSR count). The quantitative estimate of drug-likeness (QED) is 0.900. The lowest BCUT2D eigenvalue weighted by Gasteiger charge is -2.40. The summed E-state index contributed by atoms with van der Waals surface area (Å²) in [6.07, 6.45) is 5.03. The van der Waals surface area contributed by atoms with Crippen LogP contribution < -0.4 is 0 Å². The van der Waals surface area contributed by atoms with Crippen LogP contribution in [0.1, 0.15) is 31.7 Å². The number of hydrogen-bond donors (Lipinski definition) is 2. The molecule has 2 aromatic rings. The van der Waals surface area contributed by atoms with Gasteiger partial charge in [-0.1, -0.05) is 24.6 Å². The molecular weight excluding hydrogens is 312 g/mol. The molecule has 1 saturated heterocycles. The zero-order chi connectivity index (χ0) is 16.4. The Morgan fingerprint density at radius 2 is 2.13 bits per heavy atom. The number of aromatic amines is 1. The van der Waals surface area contributed by atoms with Gasteiger partial charge in [0.05, 0.1) is 6.42 Å². The Morgan fingerprint density at radius 1 is 1.39 bits per heavy atom. The number of likely N-dealkylation sites (tertiary alicyclic amines) is 1. The van der Waals surface area contributed by atoms with Gasteiger partial charge >= 0.3 is 0 Å².